The Labute approximate surface area is 157 Å². The molecule has 1 atom stereocenters. The summed E-state index contributed by atoms with van der Waals surface area (Å²) in [6.45, 7) is 1.47. The molecular weight excluding hydrogens is 340 g/mol. The quantitative estimate of drug-likeness (QED) is 0.665. The monoisotopic (exact) mass is 360 g/mol. The van der Waals surface area contributed by atoms with Crippen LogP contribution in [0.4, 0.5) is 11.4 Å². The fraction of sp³-hybridized carbons (Fsp3) is 0.190. The van der Waals surface area contributed by atoms with E-state index in [-0.39, 0.29) is 17.7 Å². The Kier molecular flexibility index (Phi) is 4.46. The summed E-state index contributed by atoms with van der Waals surface area (Å²) in [5.74, 6) is -0.107. The average molecular weight is 360 g/mol. The van der Waals surface area contributed by atoms with Crippen molar-refractivity contribution in [2.45, 2.75) is 25.8 Å². The predicted molar refractivity (Wildman–Crippen MR) is 104 cm³/mol. The van der Waals surface area contributed by atoms with E-state index in [0.29, 0.717) is 18.4 Å². The number of aromatic amines is 1. The van der Waals surface area contributed by atoms with Crippen LogP contribution in [0, 0.1) is 0 Å². The summed E-state index contributed by atoms with van der Waals surface area (Å²) in [6.07, 6.45) is 4.34. The molecule has 0 aliphatic heterocycles. The standard InChI is InChI=1S/C21H20N4O2/c1-13(26)23-16-11-17-19(18(27)12-16)21(24-15-5-3-2-4-6-15)20(25-17)14-7-9-22-10-8-14/h2-10,16,24-25H,11-12H2,1H3,(H,23,26). The number of amides is 1. The number of carbonyl (C=O) groups is 2. The Balaban J connectivity index is 1.80. The highest BCUT2D eigenvalue weighted by Crippen LogP contribution is 2.38. The van der Waals surface area contributed by atoms with Crippen LogP contribution in [0.25, 0.3) is 11.3 Å². The maximum absolute atomic E-state index is 12.9. The van der Waals surface area contributed by atoms with Gasteiger partial charge < -0.3 is 15.6 Å². The van der Waals surface area contributed by atoms with E-state index >= 15 is 0 Å². The number of benzene rings is 1. The number of hydrogen-bond donors (Lipinski definition) is 3. The van der Waals surface area contributed by atoms with E-state index in [1.54, 1.807) is 12.4 Å². The maximum atomic E-state index is 12.9. The summed E-state index contributed by atoms with van der Waals surface area (Å²) in [5.41, 5.74) is 4.99. The van der Waals surface area contributed by atoms with Crippen LogP contribution in [-0.2, 0) is 11.2 Å². The second-order valence-electron chi connectivity index (χ2n) is 6.68. The third kappa shape index (κ3) is 3.46. The lowest BCUT2D eigenvalue weighted by atomic mass is 9.91. The predicted octanol–water partition coefficient (Wildman–Crippen LogP) is 3.45. The summed E-state index contributed by atoms with van der Waals surface area (Å²) in [7, 11) is 0. The van der Waals surface area contributed by atoms with Gasteiger partial charge in [-0.1, -0.05) is 18.2 Å². The summed E-state index contributed by atoms with van der Waals surface area (Å²) in [6, 6.07) is 13.4. The van der Waals surface area contributed by atoms with Crippen molar-refractivity contribution < 1.29 is 9.59 Å². The van der Waals surface area contributed by atoms with E-state index in [2.05, 4.69) is 20.6 Å². The molecule has 3 aromatic rings. The van der Waals surface area contributed by atoms with Crippen molar-refractivity contribution in [1.82, 2.24) is 15.3 Å². The Morgan fingerprint density at radius 1 is 1.11 bits per heavy atom. The first-order valence-corrected chi connectivity index (χ1v) is 8.89. The van der Waals surface area contributed by atoms with Gasteiger partial charge in [0.25, 0.3) is 0 Å². The van der Waals surface area contributed by atoms with Crippen LogP contribution in [-0.4, -0.2) is 27.7 Å². The van der Waals surface area contributed by atoms with Crippen LogP contribution < -0.4 is 10.6 Å². The molecule has 6 heteroatoms. The molecule has 0 saturated heterocycles. The van der Waals surface area contributed by atoms with Crippen LogP contribution >= 0.6 is 0 Å². The second-order valence-corrected chi connectivity index (χ2v) is 6.68. The van der Waals surface area contributed by atoms with E-state index in [0.717, 1.165) is 28.3 Å². The lowest BCUT2D eigenvalue weighted by molar-refractivity contribution is -0.119. The number of nitrogens with one attached hydrogen (secondary N) is 3. The molecule has 0 fully saturated rings. The number of ketones is 1. The minimum absolute atomic E-state index is 0.0185. The molecule has 2 aromatic heterocycles. The molecule has 27 heavy (non-hydrogen) atoms. The largest absolute Gasteiger partial charge is 0.356 e. The minimum Gasteiger partial charge on any atom is -0.356 e. The van der Waals surface area contributed by atoms with E-state index < -0.39 is 0 Å². The van der Waals surface area contributed by atoms with Crippen molar-refractivity contribution >= 4 is 23.1 Å². The Morgan fingerprint density at radius 2 is 1.85 bits per heavy atom. The van der Waals surface area contributed by atoms with E-state index in [4.69, 9.17) is 0 Å². The molecule has 3 N–H and O–H groups in total. The summed E-state index contributed by atoms with van der Waals surface area (Å²) in [4.78, 5) is 31.8. The number of H-pyrrole nitrogens is 1. The Morgan fingerprint density at radius 3 is 2.56 bits per heavy atom. The van der Waals surface area contributed by atoms with Crippen LogP contribution in [0.15, 0.2) is 54.9 Å². The SMILES string of the molecule is CC(=O)NC1CC(=O)c2c([nH]c(-c3ccncc3)c2Nc2ccccc2)C1. The van der Waals surface area contributed by atoms with Crippen molar-refractivity contribution in [3.8, 4) is 11.3 Å². The summed E-state index contributed by atoms with van der Waals surface area (Å²) in [5, 5.41) is 6.27. The van der Waals surface area contributed by atoms with Gasteiger partial charge in [0.1, 0.15) is 0 Å². The average Bonchev–Trinajstić information content (AvgIpc) is 3.01. The first kappa shape index (κ1) is 17.0. The molecule has 0 bridgehead atoms. The Bertz CT molecular complexity index is 980. The van der Waals surface area contributed by atoms with Crippen LogP contribution in [0.1, 0.15) is 29.4 Å². The number of carbonyl (C=O) groups excluding carboxylic acids is 2. The first-order valence-electron chi connectivity index (χ1n) is 8.89. The minimum atomic E-state index is -0.184. The van der Waals surface area contributed by atoms with Crippen LogP contribution in [0.2, 0.25) is 0 Å². The highest BCUT2D eigenvalue weighted by Gasteiger charge is 2.32. The van der Waals surface area contributed by atoms with Crippen molar-refractivity contribution in [2.75, 3.05) is 5.32 Å². The molecule has 1 unspecified atom stereocenters. The lowest BCUT2D eigenvalue weighted by Gasteiger charge is -2.22. The summed E-state index contributed by atoms with van der Waals surface area (Å²) >= 11 is 0. The maximum Gasteiger partial charge on any atom is 0.217 e. The molecule has 1 aromatic carbocycles. The smallest absolute Gasteiger partial charge is 0.217 e. The third-order valence-electron chi connectivity index (χ3n) is 4.66. The fourth-order valence-corrected chi connectivity index (χ4v) is 3.57. The van der Waals surface area contributed by atoms with Crippen molar-refractivity contribution in [2.24, 2.45) is 0 Å². The molecule has 6 nitrogen and oxygen atoms in total. The van der Waals surface area contributed by atoms with E-state index in [1.807, 2.05) is 42.5 Å². The molecular formula is C21H20N4O2. The van der Waals surface area contributed by atoms with Gasteiger partial charge in [-0.15, -0.1) is 0 Å². The highest BCUT2D eigenvalue weighted by atomic mass is 16.1. The van der Waals surface area contributed by atoms with Crippen LogP contribution in [0.3, 0.4) is 0 Å². The van der Waals surface area contributed by atoms with Crippen LogP contribution in [0.5, 0.6) is 0 Å². The number of aromatic nitrogens is 2. The number of rotatable bonds is 4. The summed E-state index contributed by atoms with van der Waals surface area (Å²) < 4.78 is 0. The van der Waals surface area contributed by atoms with Gasteiger partial charge in [-0.3, -0.25) is 14.6 Å². The van der Waals surface area contributed by atoms with E-state index in [9.17, 15) is 9.59 Å². The van der Waals surface area contributed by atoms with Crippen molar-refractivity contribution in [3.05, 3.63) is 66.1 Å². The lowest BCUT2D eigenvalue weighted by Crippen LogP contribution is -2.39. The third-order valence-corrected chi connectivity index (χ3v) is 4.66. The molecule has 1 amide bonds. The zero-order chi connectivity index (χ0) is 18.8. The molecule has 0 spiro atoms. The van der Waals surface area contributed by atoms with Crippen molar-refractivity contribution in [1.29, 1.82) is 0 Å². The molecule has 0 saturated carbocycles. The normalized spacial score (nSPS) is 15.9. The van der Waals surface area contributed by atoms with Gasteiger partial charge in [-0.25, -0.2) is 0 Å². The number of nitrogens with zero attached hydrogens (tertiary/aromatic N) is 1. The fourth-order valence-electron chi connectivity index (χ4n) is 3.57. The number of anilines is 2. The van der Waals surface area contributed by atoms with Gasteiger partial charge >= 0.3 is 0 Å². The Hall–Kier alpha value is -3.41. The van der Waals surface area contributed by atoms with Gasteiger partial charge in [0.05, 0.1) is 16.9 Å². The first-order chi connectivity index (χ1) is 13.1. The molecule has 1 aliphatic rings. The van der Waals surface area contributed by atoms with Crippen molar-refractivity contribution in [3.63, 3.8) is 0 Å². The number of Topliss-reactive ketones (excluding diaryl/α,β-unsaturated/α-hetero) is 1. The zero-order valence-corrected chi connectivity index (χ0v) is 15.0. The second kappa shape index (κ2) is 7.07. The number of para-hydroxylation sites is 1. The van der Waals surface area contributed by atoms with Gasteiger partial charge in [0.15, 0.2) is 5.78 Å². The van der Waals surface area contributed by atoms with Gasteiger partial charge in [-0.05, 0) is 24.3 Å². The number of hydrogen-bond acceptors (Lipinski definition) is 4. The van der Waals surface area contributed by atoms with Gasteiger partial charge in [-0.2, -0.15) is 0 Å². The number of fused-ring (bicyclic) bond motifs is 1. The topological polar surface area (TPSA) is 86.9 Å². The molecule has 2 heterocycles. The molecule has 4 rings (SSSR count). The van der Waals surface area contributed by atoms with E-state index in [1.165, 1.54) is 6.92 Å². The van der Waals surface area contributed by atoms with Gasteiger partial charge in [0, 0.05) is 55.1 Å². The zero-order valence-electron chi connectivity index (χ0n) is 15.0. The van der Waals surface area contributed by atoms with Gasteiger partial charge in [0.2, 0.25) is 5.91 Å². The molecule has 0 radical (unpaired) electrons. The molecule has 136 valence electrons. The highest BCUT2D eigenvalue weighted by molar-refractivity contribution is 6.07. The number of pyridine rings is 1. The molecule has 1 aliphatic carbocycles.